The molecule has 0 amide bonds. The lowest BCUT2D eigenvalue weighted by atomic mass is 10.1. The van der Waals surface area contributed by atoms with Crippen LogP contribution in [0.5, 0.6) is 5.75 Å². The molecule has 0 saturated heterocycles. The Bertz CT molecular complexity index is 582. The zero-order chi connectivity index (χ0) is 13.8. The molecule has 19 heavy (non-hydrogen) atoms. The molecule has 0 aromatic carbocycles. The van der Waals surface area contributed by atoms with Crippen molar-refractivity contribution >= 4 is 17.4 Å². The Labute approximate surface area is 116 Å². The van der Waals surface area contributed by atoms with Crippen molar-refractivity contribution in [1.29, 1.82) is 0 Å². The molecule has 0 bridgehead atoms. The maximum absolute atomic E-state index is 12.2. The molecule has 0 aliphatic rings. The van der Waals surface area contributed by atoms with Gasteiger partial charge in [0.25, 0.3) is 0 Å². The van der Waals surface area contributed by atoms with E-state index in [1.807, 2.05) is 13.8 Å². The summed E-state index contributed by atoms with van der Waals surface area (Å²) in [6.45, 7) is 3.83. The number of pyridine rings is 2. The smallest absolute Gasteiger partial charge is 0.196 e. The van der Waals surface area contributed by atoms with Crippen molar-refractivity contribution in [2.45, 2.75) is 20.0 Å². The van der Waals surface area contributed by atoms with Crippen LogP contribution in [0.2, 0.25) is 5.15 Å². The highest BCUT2D eigenvalue weighted by atomic mass is 35.5. The van der Waals surface area contributed by atoms with Gasteiger partial charge in [-0.05, 0) is 32.0 Å². The molecule has 4 nitrogen and oxygen atoms in total. The summed E-state index contributed by atoms with van der Waals surface area (Å²) in [4.78, 5) is 20.1. The van der Waals surface area contributed by atoms with Crippen molar-refractivity contribution in [3.05, 3.63) is 53.1 Å². The number of nitrogens with zero attached hydrogens (tertiary/aromatic N) is 2. The second-order valence-corrected chi connectivity index (χ2v) is 4.66. The van der Waals surface area contributed by atoms with Crippen molar-refractivity contribution in [3.8, 4) is 5.75 Å². The number of ether oxygens (including phenoxy) is 1. The van der Waals surface area contributed by atoms with E-state index >= 15 is 0 Å². The molecule has 2 rings (SSSR count). The molecule has 0 N–H and O–H groups in total. The lowest BCUT2D eigenvalue weighted by Crippen LogP contribution is -2.08. The molecule has 2 aromatic heterocycles. The van der Waals surface area contributed by atoms with Crippen LogP contribution in [0.1, 0.15) is 29.8 Å². The summed E-state index contributed by atoms with van der Waals surface area (Å²) in [5.41, 5.74) is 0.926. The molecule has 0 aliphatic heterocycles. The Morgan fingerprint density at radius 2 is 2.00 bits per heavy atom. The van der Waals surface area contributed by atoms with Crippen LogP contribution in [0.15, 0.2) is 36.8 Å². The summed E-state index contributed by atoms with van der Waals surface area (Å²) in [5.74, 6) is 0.411. The molecule has 0 aliphatic carbocycles. The van der Waals surface area contributed by atoms with Gasteiger partial charge in [0.2, 0.25) is 0 Å². The second-order valence-electron chi connectivity index (χ2n) is 4.27. The first kappa shape index (κ1) is 13.5. The molecule has 0 spiro atoms. The third-order valence-corrected chi connectivity index (χ3v) is 2.56. The van der Waals surface area contributed by atoms with E-state index in [9.17, 15) is 4.79 Å². The normalized spacial score (nSPS) is 10.5. The molecule has 98 valence electrons. The summed E-state index contributed by atoms with van der Waals surface area (Å²) in [6, 6.07) is 4.88. The number of hydrogen-bond acceptors (Lipinski definition) is 4. The Morgan fingerprint density at radius 1 is 1.21 bits per heavy atom. The summed E-state index contributed by atoms with van der Waals surface area (Å²) >= 11 is 5.69. The third-order valence-electron chi connectivity index (χ3n) is 2.34. The fourth-order valence-electron chi connectivity index (χ4n) is 1.56. The van der Waals surface area contributed by atoms with Gasteiger partial charge in [-0.25, -0.2) is 4.98 Å². The zero-order valence-corrected chi connectivity index (χ0v) is 11.4. The van der Waals surface area contributed by atoms with E-state index in [2.05, 4.69) is 9.97 Å². The largest absolute Gasteiger partial charge is 0.489 e. The van der Waals surface area contributed by atoms with Gasteiger partial charge in [0.1, 0.15) is 10.9 Å². The van der Waals surface area contributed by atoms with Gasteiger partial charge in [-0.1, -0.05) is 11.6 Å². The first-order valence-corrected chi connectivity index (χ1v) is 6.22. The Morgan fingerprint density at radius 3 is 2.63 bits per heavy atom. The lowest BCUT2D eigenvalue weighted by molar-refractivity contribution is 0.103. The van der Waals surface area contributed by atoms with Crippen molar-refractivity contribution in [1.82, 2.24) is 9.97 Å². The average Bonchev–Trinajstić information content (AvgIpc) is 2.38. The van der Waals surface area contributed by atoms with E-state index in [0.29, 0.717) is 22.0 Å². The molecule has 2 heterocycles. The fraction of sp³-hybridized carbons (Fsp3) is 0.214. The number of carbonyl (C=O) groups is 1. The minimum absolute atomic E-state index is 0.0318. The first-order chi connectivity index (χ1) is 9.06. The van der Waals surface area contributed by atoms with Gasteiger partial charge in [-0.15, -0.1) is 0 Å². The van der Waals surface area contributed by atoms with Crippen LogP contribution in [0.3, 0.4) is 0 Å². The van der Waals surface area contributed by atoms with Crippen molar-refractivity contribution in [2.75, 3.05) is 0 Å². The Kier molecular flexibility index (Phi) is 4.12. The Hall–Kier alpha value is -1.94. The summed E-state index contributed by atoms with van der Waals surface area (Å²) in [5, 5.41) is 0.353. The Balaban J connectivity index is 2.26. The van der Waals surface area contributed by atoms with Crippen molar-refractivity contribution in [3.63, 3.8) is 0 Å². The monoisotopic (exact) mass is 276 g/mol. The minimum atomic E-state index is -0.161. The predicted octanol–water partition coefficient (Wildman–Crippen LogP) is 3.15. The molecule has 5 heteroatoms. The number of rotatable bonds is 4. The standard InChI is InChI=1S/C14H13ClN2O2/c1-9(2)19-12-5-11(6-16-8-12)14(18)10-3-4-13(15)17-7-10/h3-9H,1-2H3. The average molecular weight is 277 g/mol. The van der Waals surface area contributed by atoms with E-state index in [4.69, 9.17) is 16.3 Å². The number of hydrogen-bond donors (Lipinski definition) is 0. The lowest BCUT2D eigenvalue weighted by Gasteiger charge is -2.09. The second kappa shape index (κ2) is 5.80. The molecule has 0 atom stereocenters. The first-order valence-electron chi connectivity index (χ1n) is 5.84. The van der Waals surface area contributed by atoms with Crippen molar-refractivity contribution < 1.29 is 9.53 Å². The van der Waals surface area contributed by atoms with Gasteiger partial charge in [0.05, 0.1) is 12.3 Å². The van der Waals surface area contributed by atoms with Crippen molar-refractivity contribution in [2.24, 2.45) is 0 Å². The molecule has 0 radical (unpaired) electrons. The molecule has 0 unspecified atom stereocenters. The number of halogens is 1. The van der Waals surface area contributed by atoms with Gasteiger partial charge in [0.15, 0.2) is 5.78 Å². The predicted molar refractivity (Wildman–Crippen MR) is 72.7 cm³/mol. The maximum Gasteiger partial charge on any atom is 0.196 e. The van der Waals surface area contributed by atoms with Gasteiger partial charge < -0.3 is 4.74 Å². The van der Waals surface area contributed by atoms with E-state index in [0.717, 1.165) is 0 Å². The fourth-order valence-corrected chi connectivity index (χ4v) is 1.67. The summed E-state index contributed by atoms with van der Waals surface area (Å²) in [7, 11) is 0. The molecular formula is C14H13ClN2O2. The number of aromatic nitrogens is 2. The van der Waals surface area contributed by atoms with E-state index in [-0.39, 0.29) is 11.9 Å². The van der Waals surface area contributed by atoms with Crippen LogP contribution >= 0.6 is 11.6 Å². The van der Waals surface area contributed by atoms with Crippen LogP contribution in [0, 0.1) is 0 Å². The number of carbonyl (C=O) groups excluding carboxylic acids is 1. The van der Waals surface area contributed by atoms with Gasteiger partial charge in [-0.3, -0.25) is 9.78 Å². The summed E-state index contributed by atoms with van der Waals surface area (Å²) < 4.78 is 5.51. The van der Waals surface area contributed by atoms with E-state index in [1.54, 1.807) is 24.4 Å². The molecular weight excluding hydrogens is 264 g/mol. The highest BCUT2D eigenvalue weighted by Gasteiger charge is 2.11. The van der Waals surface area contributed by atoms with Gasteiger partial charge in [0, 0.05) is 23.5 Å². The molecule has 2 aromatic rings. The van der Waals surface area contributed by atoms with Crippen LogP contribution in [-0.2, 0) is 0 Å². The zero-order valence-electron chi connectivity index (χ0n) is 10.6. The van der Waals surface area contributed by atoms with Crippen LogP contribution in [0.4, 0.5) is 0 Å². The minimum Gasteiger partial charge on any atom is -0.489 e. The van der Waals surface area contributed by atoms with E-state index in [1.165, 1.54) is 12.4 Å². The van der Waals surface area contributed by atoms with E-state index < -0.39 is 0 Å². The van der Waals surface area contributed by atoms with Gasteiger partial charge in [-0.2, -0.15) is 0 Å². The van der Waals surface area contributed by atoms with Gasteiger partial charge >= 0.3 is 0 Å². The molecule has 0 saturated carbocycles. The highest BCUT2D eigenvalue weighted by Crippen LogP contribution is 2.16. The topological polar surface area (TPSA) is 52.1 Å². The summed E-state index contributed by atoms with van der Waals surface area (Å²) in [6.07, 6.45) is 4.56. The van der Waals surface area contributed by atoms with Crippen LogP contribution < -0.4 is 4.74 Å². The highest BCUT2D eigenvalue weighted by molar-refractivity contribution is 6.29. The van der Waals surface area contributed by atoms with Crippen LogP contribution in [-0.4, -0.2) is 21.9 Å². The molecule has 0 fully saturated rings. The van der Waals surface area contributed by atoms with Crippen LogP contribution in [0.25, 0.3) is 0 Å². The maximum atomic E-state index is 12.2. The number of ketones is 1. The quantitative estimate of drug-likeness (QED) is 0.636. The third kappa shape index (κ3) is 3.51. The SMILES string of the molecule is CC(C)Oc1cncc(C(=O)c2ccc(Cl)nc2)c1.